The normalized spacial score (nSPS) is 11.3. The summed E-state index contributed by atoms with van der Waals surface area (Å²) in [4.78, 5) is 0.169. The SMILES string of the molecule is Cc1nn(COc2cccc(F)c2)c(C)c1NS(=O)(=O)c1ccccc1. The molecule has 0 spiro atoms. The molecule has 3 rings (SSSR count). The van der Waals surface area contributed by atoms with Gasteiger partial charge in [0.15, 0.2) is 6.73 Å². The van der Waals surface area contributed by atoms with Crippen LogP contribution in [0.4, 0.5) is 10.1 Å². The molecular formula is C18H18FN3O3S. The highest BCUT2D eigenvalue weighted by molar-refractivity contribution is 7.92. The van der Waals surface area contributed by atoms with Gasteiger partial charge in [0.05, 0.1) is 22.0 Å². The lowest BCUT2D eigenvalue weighted by Crippen LogP contribution is -2.14. The number of nitrogens with zero attached hydrogens (tertiary/aromatic N) is 2. The third-order valence-electron chi connectivity index (χ3n) is 3.82. The van der Waals surface area contributed by atoms with Crippen molar-refractivity contribution in [3.8, 4) is 5.75 Å². The van der Waals surface area contributed by atoms with Crippen molar-refractivity contribution in [2.75, 3.05) is 4.72 Å². The van der Waals surface area contributed by atoms with Crippen molar-refractivity contribution in [2.24, 2.45) is 0 Å². The van der Waals surface area contributed by atoms with Crippen LogP contribution >= 0.6 is 0 Å². The number of sulfonamides is 1. The molecule has 0 saturated carbocycles. The third-order valence-corrected chi connectivity index (χ3v) is 5.19. The van der Waals surface area contributed by atoms with Gasteiger partial charge in [0, 0.05) is 6.07 Å². The van der Waals surface area contributed by atoms with E-state index in [9.17, 15) is 12.8 Å². The fourth-order valence-electron chi connectivity index (χ4n) is 2.46. The van der Waals surface area contributed by atoms with E-state index in [4.69, 9.17) is 4.74 Å². The summed E-state index contributed by atoms with van der Waals surface area (Å²) in [5, 5.41) is 4.30. The van der Waals surface area contributed by atoms with Crippen LogP contribution in [0.25, 0.3) is 0 Å². The van der Waals surface area contributed by atoms with E-state index in [1.807, 2.05) is 0 Å². The number of ether oxygens (including phenoxy) is 1. The van der Waals surface area contributed by atoms with Crippen molar-refractivity contribution >= 4 is 15.7 Å². The van der Waals surface area contributed by atoms with Crippen molar-refractivity contribution in [3.63, 3.8) is 0 Å². The van der Waals surface area contributed by atoms with Crippen molar-refractivity contribution in [1.29, 1.82) is 0 Å². The molecule has 6 nitrogen and oxygen atoms in total. The summed E-state index contributed by atoms with van der Waals surface area (Å²) in [6.45, 7) is 3.47. The van der Waals surface area contributed by atoms with Gasteiger partial charge in [0.1, 0.15) is 11.6 Å². The summed E-state index contributed by atoms with van der Waals surface area (Å²) >= 11 is 0. The Morgan fingerprint density at radius 1 is 1.12 bits per heavy atom. The Bertz CT molecular complexity index is 1020. The van der Waals surface area contributed by atoms with Crippen molar-refractivity contribution in [2.45, 2.75) is 25.5 Å². The van der Waals surface area contributed by atoms with Crippen LogP contribution in [0, 0.1) is 19.7 Å². The molecule has 2 aromatic carbocycles. The number of halogens is 1. The van der Waals surface area contributed by atoms with Crippen molar-refractivity contribution in [3.05, 3.63) is 71.8 Å². The van der Waals surface area contributed by atoms with Gasteiger partial charge in [-0.05, 0) is 38.1 Å². The maximum absolute atomic E-state index is 13.2. The van der Waals surface area contributed by atoms with Gasteiger partial charge < -0.3 is 4.74 Å². The van der Waals surface area contributed by atoms with E-state index in [1.165, 1.54) is 28.9 Å². The van der Waals surface area contributed by atoms with Crippen molar-refractivity contribution < 1.29 is 17.5 Å². The molecule has 0 atom stereocenters. The van der Waals surface area contributed by atoms with Gasteiger partial charge in [-0.1, -0.05) is 24.3 Å². The molecule has 0 amide bonds. The van der Waals surface area contributed by atoms with Crippen LogP contribution < -0.4 is 9.46 Å². The van der Waals surface area contributed by atoms with Crippen LogP contribution in [-0.4, -0.2) is 18.2 Å². The van der Waals surface area contributed by atoms with Gasteiger partial charge in [-0.3, -0.25) is 4.72 Å². The minimum Gasteiger partial charge on any atom is -0.471 e. The second kappa shape index (κ2) is 7.17. The maximum atomic E-state index is 13.2. The number of hydrogen-bond donors (Lipinski definition) is 1. The first-order valence-corrected chi connectivity index (χ1v) is 9.35. The van der Waals surface area contributed by atoms with E-state index in [0.29, 0.717) is 22.8 Å². The van der Waals surface area contributed by atoms with E-state index >= 15 is 0 Å². The molecule has 3 aromatic rings. The molecule has 0 aliphatic carbocycles. The number of aromatic nitrogens is 2. The van der Waals surface area contributed by atoms with Gasteiger partial charge in [-0.25, -0.2) is 17.5 Å². The zero-order valence-electron chi connectivity index (χ0n) is 14.3. The van der Waals surface area contributed by atoms with E-state index in [1.54, 1.807) is 44.2 Å². The molecule has 0 fully saturated rings. The lowest BCUT2D eigenvalue weighted by atomic mass is 10.3. The Kier molecular flexibility index (Phi) is 4.94. The third kappa shape index (κ3) is 3.85. The van der Waals surface area contributed by atoms with E-state index in [0.717, 1.165) is 0 Å². The summed E-state index contributed by atoms with van der Waals surface area (Å²) in [5.74, 6) is -0.0313. The van der Waals surface area contributed by atoms with Crippen LogP contribution in [0.2, 0.25) is 0 Å². The van der Waals surface area contributed by atoms with Gasteiger partial charge in [0.25, 0.3) is 10.0 Å². The Balaban J connectivity index is 1.80. The van der Waals surface area contributed by atoms with Crippen LogP contribution in [0.15, 0.2) is 59.5 Å². The molecule has 0 bridgehead atoms. The molecule has 0 unspecified atom stereocenters. The first-order valence-electron chi connectivity index (χ1n) is 7.87. The predicted molar refractivity (Wildman–Crippen MR) is 96.0 cm³/mol. The monoisotopic (exact) mass is 375 g/mol. The van der Waals surface area contributed by atoms with Gasteiger partial charge in [-0.15, -0.1) is 0 Å². The van der Waals surface area contributed by atoms with Gasteiger partial charge in [0.2, 0.25) is 0 Å². The standard InChI is InChI=1S/C18H18FN3O3S/c1-13-18(21-26(23,24)17-9-4-3-5-10-17)14(2)22(20-13)12-25-16-8-6-7-15(19)11-16/h3-11,21H,12H2,1-2H3. The second-order valence-electron chi connectivity index (χ2n) is 5.69. The predicted octanol–water partition coefficient (Wildman–Crippen LogP) is 3.48. The molecule has 136 valence electrons. The van der Waals surface area contributed by atoms with Gasteiger partial charge in [-0.2, -0.15) is 5.10 Å². The summed E-state index contributed by atoms with van der Waals surface area (Å²) in [6, 6.07) is 13.9. The first kappa shape index (κ1) is 17.9. The fourth-order valence-corrected chi connectivity index (χ4v) is 3.65. The average Bonchev–Trinajstić information content (AvgIpc) is 2.88. The molecule has 8 heteroatoms. The highest BCUT2D eigenvalue weighted by atomic mass is 32.2. The number of hydrogen-bond acceptors (Lipinski definition) is 4. The van der Waals surface area contributed by atoms with Crippen LogP contribution in [0.3, 0.4) is 0 Å². The average molecular weight is 375 g/mol. The topological polar surface area (TPSA) is 73.2 Å². The summed E-state index contributed by atoms with van der Waals surface area (Å²) in [6.07, 6.45) is 0. The highest BCUT2D eigenvalue weighted by Crippen LogP contribution is 2.23. The molecule has 1 N–H and O–H groups in total. The van der Waals surface area contributed by atoms with Crippen molar-refractivity contribution in [1.82, 2.24) is 9.78 Å². The van der Waals surface area contributed by atoms with E-state index in [2.05, 4.69) is 9.82 Å². The van der Waals surface area contributed by atoms with Crippen LogP contribution in [0.1, 0.15) is 11.4 Å². The van der Waals surface area contributed by atoms with E-state index < -0.39 is 15.8 Å². The maximum Gasteiger partial charge on any atom is 0.262 e. The number of anilines is 1. The van der Waals surface area contributed by atoms with Crippen LogP contribution in [0.5, 0.6) is 5.75 Å². The second-order valence-corrected chi connectivity index (χ2v) is 7.38. The largest absolute Gasteiger partial charge is 0.471 e. The quantitative estimate of drug-likeness (QED) is 0.716. The molecule has 0 aliphatic heterocycles. The Hall–Kier alpha value is -2.87. The molecule has 1 heterocycles. The first-order chi connectivity index (χ1) is 12.4. The lowest BCUT2D eigenvalue weighted by molar-refractivity contribution is 0.217. The smallest absolute Gasteiger partial charge is 0.262 e. The Labute approximate surface area is 151 Å². The van der Waals surface area contributed by atoms with E-state index in [-0.39, 0.29) is 11.6 Å². The fraction of sp³-hybridized carbons (Fsp3) is 0.167. The molecule has 0 aliphatic rings. The number of aryl methyl sites for hydroxylation is 1. The molecular weight excluding hydrogens is 357 g/mol. The minimum atomic E-state index is -3.71. The number of rotatable bonds is 6. The molecule has 0 saturated heterocycles. The van der Waals surface area contributed by atoms with Gasteiger partial charge >= 0.3 is 0 Å². The zero-order valence-corrected chi connectivity index (χ0v) is 15.1. The number of nitrogens with one attached hydrogen (secondary N) is 1. The lowest BCUT2D eigenvalue weighted by Gasteiger charge is -2.10. The molecule has 0 radical (unpaired) electrons. The Morgan fingerprint density at radius 2 is 1.85 bits per heavy atom. The molecule has 26 heavy (non-hydrogen) atoms. The van der Waals surface area contributed by atoms with Crippen LogP contribution in [-0.2, 0) is 16.8 Å². The minimum absolute atomic E-state index is 0.0309. The number of benzene rings is 2. The summed E-state index contributed by atoms with van der Waals surface area (Å²) in [7, 11) is -3.71. The summed E-state index contributed by atoms with van der Waals surface area (Å²) in [5.41, 5.74) is 1.51. The zero-order chi connectivity index (χ0) is 18.7. The summed E-state index contributed by atoms with van der Waals surface area (Å²) < 4.78 is 47.8. The Morgan fingerprint density at radius 3 is 2.54 bits per heavy atom. The highest BCUT2D eigenvalue weighted by Gasteiger charge is 2.19. The molecule has 1 aromatic heterocycles.